The lowest BCUT2D eigenvalue weighted by atomic mass is 9.84. The number of rotatable bonds is 3. The summed E-state index contributed by atoms with van der Waals surface area (Å²) in [7, 11) is 0. The van der Waals surface area contributed by atoms with Crippen LogP contribution in [-0.2, 0) is 10.4 Å². The predicted molar refractivity (Wildman–Crippen MR) is 102 cm³/mol. The second-order valence-electron chi connectivity index (χ2n) is 6.95. The number of hydroxylamine groups is 2. The Labute approximate surface area is 156 Å². The molecule has 3 N–H and O–H groups in total. The number of H-pyrrole nitrogens is 1. The molecular formula is C20H22N4O3. The molecule has 0 atom stereocenters. The van der Waals surface area contributed by atoms with Gasteiger partial charge in [-0.25, -0.2) is 4.79 Å². The Kier molecular flexibility index (Phi) is 4.55. The Hall–Kier alpha value is -2.90. The lowest BCUT2D eigenvalue weighted by molar-refractivity contribution is -0.148. The van der Waals surface area contributed by atoms with Crippen molar-refractivity contribution in [1.29, 1.82) is 0 Å². The molecule has 4 rings (SSSR count). The van der Waals surface area contributed by atoms with Gasteiger partial charge in [-0.05, 0) is 37.5 Å². The molecule has 0 aliphatic carbocycles. The maximum Gasteiger partial charge on any atom is 0.432 e. The molecule has 1 aromatic heterocycles. The number of hydrogen-bond acceptors (Lipinski definition) is 5. The summed E-state index contributed by atoms with van der Waals surface area (Å²) in [6.07, 6.45) is 0.401. The number of amides is 1. The van der Waals surface area contributed by atoms with Crippen molar-refractivity contribution in [2.24, 2.45) is 0 Å². The molecule has 140 valence electrons. The molecule has 1 aliphatic rings. The summed E-state index contributed by atoms with van der Waals surface area (Å²) in [6.45, 7) is 2.92. The predicted octanol–water partition coefficient (Wildman–Crippen LogP) is 3.32. The number of aliphatic hydroxyl groups is 1. The van der Waals surface area contributed by atoms with Crippen LogP contribution in [0.1, 0.15) is 24.0 Å². The SMILES string of the molecule is Cc1cccc(C2(O)CCN(OC(=O)Nc3n[nH]c4ccccc34)CC2)c1. The van der Waals surface area contributed by atoms with Crippen LogP contribution in [0, 0.1) is 6.92 Å². The van der Waals surface area contributed by atoms with Gasteiger partial charge in [-0.1, -0.05) is 42.0 Å². The van der Waals surface area contributed by atoms with Crippen LogP contribution in [0.3, 0.4) is 0 Å². The van der Waals surface area contributed by atoms with Gasteiger partial charge in [0.2, 0.25) is 0 Å². The van der Waals surface area contributed by atoms with Crippen LogP contribution in [-0.4, -0.2) is 39.5 Å². The minimum Gasteiger partial charge on any atom is -0.385 e. The highest BCUT2D eigenvalue weighted by molar-refractivity contribution is 5.96. The lowest BCUT2D eigenvalue weighted by Crippen LogP contribution is -2.44. The average Bonchev–Trinajstić information content (AvgIpc) is 3.07. The monoisotopic (exact) mass is 366 g/mol. The molecule has 0 bridgehead atoms. The van der Waals surface area contributed by atoms with Crippen LogP contribution in [0.15, 0.2) is 48.5 Å². The first-order valence-electron chi connectivity index (χ1n) is 9.00. The number of nitrogens with one attached hydrogen (secondary N) is 2. The van der Waals surface area contributed by atoms with Crippen molar-refractivity contribution in [3.63, 3.8) is 0 Å². The fourth-order valence-electron chi connectivity index (χ4n) is 3.47. The molecule has 0 unspecified atom stereocenters. The number of aryl methyl sites for hydroxylation is 1. The van der Waals surface area contributed by atoms with Gasteiger partial charge in [-0.2, -0.15) is 5.10 Å². The minimum atomic E-state index is -0.888. The smallest absolute Gasteiger partial charge is 0.385 e. The van der Waals surface area contributed by atoms with Crippen LogP contribution in [0.4, 0.5) is 10.6 Å². The van der Waals surface area contributed by atoms with Crippen LogP contribution in [0.5, 0.6) is 0 Å². The number of hydrogen-bond donors (Lipinski definition) is 3. The second-order valence-corrected chi connectivity index (χ2v) is 6.95. The molecular weight excluding hydrogens is 344 g/mol. The van der Waals surface area contributed by atoms with Crippen molar-refractivity contribution in [3.05, 3.63) is 59.7 Å². The fourth-order valence-corrected chi connectivity index (χ4v) is 3.47. The summed E-state index contributed by atoms with van der Waals surface area (Å²) in [4.78, 5) is 17.6. The van der Waals surface area contributed by atoms with E-state index in [4.69, 9.17) is 4.84 Å². The van der Waals surface area contributed by atoms with Crippen LogP contribution >= 0.6 is 0 Å². The van der Waals surface area contributed by atoms with E-state index >= 15 is 0 Å². The zero-order chi connectivity index (χ0) is 18.9. The number of benzene rings is 2. The number of carbonyl (C=O) groups excluding carboxylic acids is 1. The number of piperidine rings is 1. The summed E-state index contributed by atoms with van der Waals surface area (Å²) >= 11 is 0. The average molecular weight is 366 g/mol. The highest BCUT2D eigenvalue weighted by Gasteiger charge is 2.35. The van der Waals surface area contributed by atoms with E-state index in [2.05, 4.69) is 15.5 Å². The Morgan fingerprint density at radius 1 is 1.22 bits per heavy atom. The van der Waals surface area contributed by atoms with E-state index in [0.29, 0.717) is 31.7 Å². The summed E-state index contributed by atoms with van der Waals surface area (Å²) < 4.78 is 0. The molecule has 0 radical (unpaired) electrons. The molecule has 0 spiro atoms. The van der Waals surface area contributed by atoms with Crippen LogP contribution in [0.25, 0.3) is 10.9 Å². The number of aromatic amines is 1. The molecule has 7 nitrogen and oxygen atoms in total. The minimum absolute atomic E-state index is 0.434. The van der Waals surface area contributed by atoms with Gasteiger partial charge >= 0.3 is 6.09 Å². The molecule has 7 heteroatoms. The molecule has 2 aromatic carbocycles. The van der Waals surface area contributed by atoms with E-state index in [-0.39, 0.29) is 0 Å². The number of aromatic nitrogens is 2. The molecule has 3 aromatic rings. The van der Waals surface area contributed by atoms with E-state index in [1.807, 2.05) is 55.5 Å². The zero-order valence-electron chi connectivity index (χ0n) is 15.1. The van der Waals surface area contributed by atoms with Gasteiger partial charge in [0, 0.05) is 18.5 Å². The first-order valence-corrected chi connectivity index (χ1v) is 9.00. The molecule has 1 aliphatic heterocycles. The highest BCUT2D eigenvalue weighted by atomic mass is 16.7. The number of nitrogens with zero attached hydrogens (tertiary/aromatic N) is 2. The van der Waals surface area contributed by atoms with Crippen LogP contribution in [0.2, 0.25) is 0 Å². The Bertz CT molecular complexity index is 961. The second kappa shape index (κ2) is 7.02. The van der Waals surface area contributed by atoms with Crippen molar-refractivity contribution in [3.8, 4) is 0 Å². The van der Waals surface area contributed by atoms with Crippen molar-refractivity contribution in [2.45, 2.75) is 25.4 Å². The summed E-state index contributed by atoms with van der Waals surface area (Å²) in [5.74, 6) is 0.434. The Balaban J connectivity index is 1.35. The highest BCUT2D eigenvalue weighted by Crippen LogP contribution is 2.33. The molecule has 0 saturated carbocycles. The Morgan fingerprint density at radius 2 is 2.00 bits per heavy atom. The Morgan fingerprint density at radius 3 is 2.78 bits per heavy atom. The van der Waals surface area contributed by atoms with Crippen LogP contribution < -0.4 is 5.32 Å². The van der Waals surface area contributed by atoms with E-state index in [1.54, 1.807) is 5.06 Å². The third kappa shape index (κ3) is 3.65. The van der Waals surface area contributed by atoms with Gasteiger partial charge in [0.1, 0.15) is 0 Å². The maximum absolute atomic E-state index is 12.2. The van der Waals surface area contributed by atoms with Crippen molar-refractivity contribution in [2.75, 3.05) is 18.4 Å². The molecule has 1 saturated heterocycles. The van der Waals surface area contributed by atoms with Gasteiger partial charge in [0.25, 0.3) is 0 Å². The van der Waals surface area contributed by atoms with Gasteiger partial charge < -0.3 is 9.94 Å². The topological polar surface area (TPSA) is 90.5 Å². The standard InChI is InChI=1S/C20H22N4O3/c1-14-5-4-6-15(13-14)20(26)9-11-24(12-10-20)27-19(25)21-18-16-7-2-3-8-17(16)22-23-18/h2-8,13,26H,9-12H2,1H3,(H2,21,22,23,25). The van der Waals surface area contributed by atoms with Crippen molar-refractivity contribution < 1.29 is 14.7 Å². The number of fused-ring (bicyclic) bond motifs is 1. The van der Waals surface area contributed by atoms with E-state index in [1.165, 1.54) is 0 Å². The van der Waals surface area contributed by atoms with Crippen molar-refractivity contribution in [1.82, 2.24) is 15.3 Å². The first kappa shape index (κ1) is 17.5. The third-order valence-corrected chi connectivity index (χ3v) is 5.01. The third-order valence-electron chi connectivity index (χ3n) is 5.01. The normalized spacial score (nSPS) is 17.0. The largest absolute Gasteiger partial charge is 0.432 e. The molecule has 1 amide bonds. The van der Waals surface area contributed by atoms with Gasteiger partial charge in [-0.3, -0.25) is 10.4 Å². The number of carbonyl (C=O) groups is 1. The summed E-state index contributed by atoms with van der Waals surface area (Å²) in [5, 5.41) is 23.0. The fraction of sp³-hybridized carbons (Fsp3) is 0.300. The van der Waals surface area contributed by atoms with E-state index in [0.717, 1.165) is 22.0 Å². The number of para-hydroxylation sites is 1. The first-order chi connectivity index (χ1) is 13.0. The quantitative estimate of drug-likeness (QED) is 0.662. The van der Waals surface area contributed by atoms with Gasteiger partial charge in [0.05, 0.1) is 11.1 Å². The van der Waals surface area contributed by atoms with E-state index < -0.39 is 11.7 Å². The van der Waals surface area contributed by atoms with Gasteiger partial charge in [0.15, 0.2) is 5.82 Å². The van der Waals surface area contributed by atoms with Gasteiger partial charge in [-0.15, -0.1) is 5.06 Å². The maximum atomic E-state index is 12.2. The van der Waals surface area contributed by atoms with E-state index in [9.17, 15) is 9.90 Å². The zero-order valence-corrected chi connectivity index (χ0v) is 15.1. The molecule has 2 heterocycles. The lowest BCUT2D eigenvalue weighted by Gasteiger charge is -2.37. The summed E-state index contributed by atoms with van der Waals surface area (Å²) in [6, 6.07) is 15.4. The molecule has 27 heavy (non-hydrogen) atoms. The summed E-state index contributed by atoms with van der Waals surface area (Å²) in [5.41, 5.74) is 1.98. The molecule has 1 fully saturated rings. The van der Waals surface area contributed by atoms with Crippen molar-refractivity contribution >= 4 is 22.8 Å². The number of anilines is 1.